The van der Waals surface area contributed by atoms with Crippen molar-refractivity contribution in [2.75, 3.05) is 27.3 Å². The standard InChI is InChI=1S/C24H27F2N3O5/c1-4-33-22(30)20-18(14-29(2)13-15-9-11-16(32-3)12-10-15)27-24(31)28-21(20)17-7-5-6-8-19(17)34-23(25)26/h5-12,21,23H,4,13-14H2,1-3H3,(H2,27,28,31). The molecular formula is C24H27F2N3O5. The van der Waals surface area contributed by atoms with Gasteiger partial charge in [-0.3, -0.25) is 4.90 Å². The Morgan fingerprint density at radius 3 is 2.47 bits per heavy atom. The van der Waals surface area contributed by atoms with Crippen molar-refractivity contribution in [3.05, 3.63) is 70.9 Å². The van der Waals surface area contributed by atoms with E-state index in [1.54, 1.807) is 20.1 Å². The average Bonchev–Trinajstić information content (AvgIpc) is 2.79. The van der Waals surface area contributed by atoms with Crippen molar-refractivity contribution < 1.29 is 32.6 Å². The number of methoxy groups -OCH3 is 1. The molecule has 1 unspecified atom stereocenters. The minimum absolute atomic E-state index is 0.104. The SMILES string of the molecule is CCOC(=O)C1=C(CN(C)Cc2ccc(OC)cc2)NC(=O)NC1c1ccccc1OC(F)F. The van der Waals surface area contributed by atoms with Gasteiger partial charge in [0.15, 0.2) is 0 Å². The van der Waals surface area contributed by atoms with E-state index in [0.717, 1.165) is 11.3 Å². The predicted octanol–water partition coefficient (Wildman–Crippen LogP) is 3.60. The molecule has 1 atom stereocenters. The zero-order valence-electron chi connectivity index (χ0n) is 19.1. The largest absolute Gasteiger partial charge is 0.497 e. The molecule has 10 heteroatoms. The molecule has 2 amide bonds. The molecular weight excluding hydrogens is 448 g/mol. The molecule has 0 aromatic heterocycles. The number of halogens is 2. The number of amides is 2. The van der Waals surface area contributed by atoms with Gasteiger partial charge in [-0.25, -0.2) is 9.59 Å². The highest BCUT2D eigenvalue weighted by Crippen LogP contribution is 2.34. The van der Waals surface area contributed by atoms with E-state index in [1.807, 2.05) is 36.2 Å². The lowest BCUT2D eigenvalue weighted by Gasteiger charge is -2.31. The second-order valence-corrected chi connectivity index (χ2v) is 7.58. The number of carbonyl (C=O) groups is 2. The monoisotopic (exact) mass is 475 g/mol. The minimum atomic E-state index is -3.07. The van der Waals surface area contributed by atoms with Gasteiger partial charge in [-0.15, -0.1) is 0 Å². The van der Waals surface area contributed by atoms with Crippen molar-refractivity contribution in [1.29, 1.82) is 0 Å². The molecule has 1 heterocycles. The third-order valence-electron chi connectivity index (χ3n) is 5.13. The number of para-hydroxylation sites is 1. The fraction of sp³-hybridized carbons (Fsp3) is 0.333. The average molecular weight is 475 g/mol. The fourth-order valence-corrected chi connectivity index (χ4v) is 3.72. The van der Waals surface area contributed by atoms with Crippen molar-refractivity contribution in [2.45, 2.75) is 26.1 Å². The van der Waals surface area contributed by atoms with Crippen LogP contribution in [0.1, 0.15) is 24.1 Å². The van der Waals surface area contributed by atoms with Gasteiger partial charge >= 0.3 is 18.6 Å². The van der Waals surface area contributed by atoms with Crippen LogP contribution in [0.3, 0.4) is 0 Å². The lowest BCUT2D eigenvalue weighted by molar-refractivity contribution is -0.139. The molecule has 182 valence electrons. The Hall–Kier alpha value is -3.66. The number of ether oxygens (including phenoxy) is 3. The number of nitrogens with zero attached hydrogens (tertiary/aromatic N) is 1. The Morgan fingerprint density at radius 2 is 1.82 bits per heavy atom. The molecule has 3 rings (SSSR count). The van der Waals surface area contributed by atoms with Crippen LogP contribution >= 0.6 is 0 Å². The van der Waals surface area contributed by atoms with Crippen LogP contribution < -0.4 is 20.1 Å². The summed E-state index contributed by atoms with van der Waals surface area (Å²) in [6.07, 6.45) is 0. The lowest BCUT2D eigenvalue weighted by Crippen LogP contribution is -2.48. The minimum Gasteiger partial charge on any atom is -0.497 e. The van der Waals surface area contributed by atoms with Gasteiger partial charge < -0.3 is 24.8 Å². The van der Waals surface area contributed by atoms with Crippen LogP contribution in [0.25, 0.3) is 0 Å². The van der Waals surface area contributed by atoms with E-state index >= 15 is 0 Å². The molecule has 2 N–H and O–H groups in total. The lowest BCUT2D eigenvalue weighted by atomic mass is 9.94. The van der Waals surface area contributed by atoms with Gasteiger partial charge in [-0.05, 0) is 37.7 Å². The van der Waals surface area contributed by atoms with Crippen LogP contribution in [0.2, 0.25) is 0 Å². The first-order valence-corrected chi connectivity index (χ1v) is 10.6. The first kappa shape index (κ1) is 25.0. The van der Waals surface area contributed by atoms with Gasteiger partial charge in [0.2, 0.25) is 0 Å². The maximum Gasteiger partial charge on any atom is 0.387 e. The molecule has 8 nitrogen and oxygen atoms in total. The Bertz CT molecular complexity index is 1040. The molecule has 0 spiro atoms. The van der Waals surface area contributed by atoms with E-state index < -0.39 is 24.7 Å². The van der Waals surface area contributed by atoms with Gasteiger partial charge in [0, 0.05) is 24.4 Å². The summed E-state index contributed by atoms with van der Waals surface area (Å²) in [5.41, 5.74) is 1.65. The Kier molecular flexibility index (Phi) is 8.42. The molecule has 0 bridgehead atoms. The molecule has 2 aromatic rings. The first-order valence-electron chi connectivity index (χ1n) is 10.6. The van der Waals surface area contributed by atoms with E-state index in [1.165, 1.54) is 18.2 Å². The summed E-state index contributed by atoms with van der Waals surface area (Å²) in [5.74, 6) is -0.0750. The number of rotatable bonds is 10. The van der Waals surface area contributed by atoms with Gasteiger partial charge in [0.05, 0.1) is 25.3 Å². The summed E-state index contributed by atoms with van der Waals surface area (Å²) in [5, 5.41) is 5.31. The first-order chi connectivity index (χ1) is 16.3. The number of hydrogen-bond acceptors (Lipinski definition) is 6. The van der Waals surface area contributed by atoms with E-state index in [2.05, 4.69) is 15.4 Å². The van der Waals surface area contributed by atoms with Gasteiger partial charge in [0.25, 0.3) is 0 Å². The smallest absolute Gasteiger partial charge is 0.387 e. The molecule has 0 fully saturated rings. The van der Waals surface area contributed by atoms with Crippen molar-refractivity contribution in [1.82, 2.24) is 15.5 Å². The number of urea groups is 1. The number of esters is 1. The molecule has 1 aliphatic heterocycles. The van der Waals surface area contributed by atoms with Crippen molar-refractivity contribution in [3.8, 4) is 11.5 Å². The summed E-state index contributed by atoms with van der Waals surface area (Å²) >= 11 is 0. The van der Waals surface area contributed by atoms with Crippen molar-refractivity contribution in [2.24, 2.45) is 0 Å². The van der Waals surface area contributed by atoms with Crippen LogP contribution in [-0.2, 0) is 16.1 Å². The molecule has 0 radical (unpaired) electrons. The number of carbonyl (C=O) groups excluding carboxylic acids is 2. The predicted molar refractivity (Wildman–Crippen MR) is 120 cm³/mol. The topological polar surface area (TPSA) is 89.1 Å². The highest BCUT2D eigenvalue weighted by atomic mass is 19.3. The van der Waals surface area contributed by atoms with Crippen LogP contribution in [0, 0.1) is 0 Å². The van der Waals surface area contributed by atoms with Gasteiger partial charge in [-0.1, -0.05) is 30.3 Å². The van der Waals surface area contributed by atoms with Crippen LogP contribution in [-0.4, -0.2) is 50.8 Å². The van der Waals surface area contributed by atoms with Gasteiger partial charge in [-0.2, -0.15) is 8.78 Å². The number of alkyl halides is 2. The molecule has 34 heavy (non-hydrogen) atoms. The van der Waals surface area contributed by atoms with Crippen molar-refractivity contribution in [3.63, 3.8) is 0 Å². The Balaban J connectivity index is 1.95. The normalized spacial score (nSPS) is 15.7. The summed E-state index contributed by atoms with van der Waals surface area (Å²) in [7, 11) is 3.42. The third kappa shape index (κ3) is 6.22. The summed E-state index contributed by atoms with van der Waals surface area (Å²) in [6, 6.07) is 11.9. The van der Waals surface area contributed by atoms with Gasteiger partial charge in [0.1, 0.15) is 11.5 Å². The van der Waals surface area contributed by atoms with Crippen LogP contribution in [0.15, 0.2) is 59.8 Å². The maximum atomic E-state index is 13.0. The van der Waals surface area contributed by atoms with E-state index in [0.29, 0.717) is 12.2 Å². The molecule has 0 aliphatic carbocycles. The molecule has 1 aliphatic rings. The highest BCUT2D eigenvalue weighted by molar-refractivity contribution is 5.95. The Morgan fingerprint density at radius 1 is 1.12 bits per heavy atom. The molecule has 0 saturated heterocycles. The zero-order chi connectivity index (χ0) is 24.7. The second kappa shape index (κ2) is 11.5. The summed E-state index contributed by atoms with van der Waals surface area (Å²) in [6.45, 7) is -0.590. The number of nitrogens with one attached hydrogen (secondary N) is 2. The van der Waals surface area contributed by atoms with E-state index in [4.69, 9.17) is 9.47 Å². The van der Waals surface area contributed by atoms with E-state index in [-0.39, 0.29) is 30.0 Å². The van der Waals surface area contributed by atoms with Crippen LogP contribution in [0.4, 0.5) is 13.6 Å². The summed E-state index contributed by atoms with van der Waals surface area (Å²) < 4.78 is 41.0. The maximum absolute atomic E-state index is 13.0. The Labute approximate surface area is 196 Å². The highest BCUT2D eigenvalue weighted by Gasteiger charge is 2.35. The molecule has 0 saturated carbocycles. The second-order valence-electron chi connectivity index (χ2n) is 7.58. The quantitative estimate of drug-likeness (QED) is 0.511. The third-order valence-corrected chi connectivity index (χ3v) is 5.13. The van der Waals surface area contributed by atoms with Crippen LogP contribution in [0.5, 0.6) is 11.5 Å². The zero-order valence-corrected chi connectivity index (χ0v) is 19.1. The fourth-order valence-electron chi connectivity index (χ4n) is 3.72. The molecule has 2 aromatic carbocycles. The number of hydrogen-bond donors (Lipinski definition) is 2. The van der Waals surface area contributed by atoms with Crippen molar-refractivity contribution >= 4 is 12.0 Å². The summed E-state index contributed by atoms with van der Waals surface area (Å²) in [4.78, 5) is 27.4. The number of likely N-dealkylation sites (N-methyl/N-ethyl adjacent to an activating group) is 1. The number of benzene rings is 2. The van der Waals surface area contributed by atoms with E-state index in [9.17, 15) is 18.4 Å².